The van der Waals surface area contributed by atoms with Gasteiger partial charge in [0.2, 0.25) is 5.91 Å². The highest BCUT2D eigenvalue weighted by Crippen LogP contribution is 2.54. The molecule has 1 spiro atoms. The number of furan rings is 1. The van der Waals surface area contributed by atoms with Crippen LogP contribution in [0.3, 0.4) is 0 Å². The number of aliphatic hydroxyl groups is 1. The van der Waals surface area contributed by atoms with Crippen LogP contribution in [0.1, 0.15) is 96.2 Å². The summed E-state index contributed by atoms with van der Waals surface area (Å²) in [5.41, 5.74) is 1.64. The SMILES string of the molecule is CC(C)(C)c1cc(N2CCC3(CC2)CC3)nc2cc(C(=O)N3CCN(C(=O)[C@H]4C[C@@](C)(O)C4)CC3(C)C)oc12. The zero-order valence-electron chi connectivity index (χ0n) is 24.5. The van der Waals surface area contributed by atoms with Gasteiger partial charge in [-0.2, -0.15) is 0 Å². The number of piperazine rings is 1. The predicted octanol–water partition coefficient (Wildman–Crippen LogP) is 4.73. The smallest absolute Gasteiger partial charge is 0.290 e. The first-order valence-corrected chi connectivity index (χ1v) is 14.7. The number of hydrogen-bond acceptors (Lipinski definition) is 6. The number of rotatable bonds is 3. The van der Waals surface area contributed by atoms with Crippen molar-refractivity contribution in [1.29, 1.82) is 0 Å². The number of amides is 2. The number of nitrogens with zero attached hydrogens (tertiary/aromatic N) is 4. The summed E-state index contributed by atoms with van der Waals surface area (Å²) >= 11 is 0. The third-order valence-electron chi connectivity index (χ3n) is 9.77. The Bertz CT molecular complexity index is 1300. The fourth-order valence-corrected chi connectivity index (χ4v) is 7.01. The van der Waals surface area contributed by atoms with Gasteiger partial charge in [-0.3, -0.25) is 9.59 Å². The van der Waals surface area contributed by atoms with Crippen molar-refractivity contribution in [3.8, 4) is 0 Å². The Balaban J connectivity index is 1.23. The maximum atomic E-state index is 13.8. The topological polar surface area (TPSA) is 90.1 Å². The van der Waals surface area contributed by atoms with Crippen molar-refractivity contribution >= 4 is 28.7 Å². The first-order chi connectivity index (χ1) is 18.2. The summed E-state index contributed by atoms with van der Waals surface area (Å²) < 4.78 is 6.30. The average molecular weight is 537 g/mol. The molecule has 2 aromatic heterocycles. The number of pyridine rings is 1. The van der Waals surface area contributed by atoms with Gasteiger partial charge in [-0.05, 0) is 76.2 Å². The van der Waals surface area contributed by atoms with E-state index in [1.807, 2.05) is 29.7 Å². The minimum Gasteiger partial charge on any atom is -0.449 e. The highest BCUT2D eigenvalue weighted by molar-refractivity contribution is 5.97. The van der Waals surface area contributed by atoms with Gasteiger partial charge in [-0.1, -0.05) is 20.8 Å². The first kappa shape index (κ1) is 26.6. The second-order valence-electron chi connectivity index (χ2n) is 14.7. The van der Waals surface area contributed by atoms with E-state index >= 15 is 0 Å². The highest BCUT2D eigenvalue weighted by atomic mass is 16.3. The predicted molar refractivity (Wildman–Crippen MR) is 151 cm³/mol. The molecule has 0 atom stereocenters. The normalized spacial score (nSPS) is 28.1. The molecule has 1 N–H and O–H groups in total. The third-order valence-corrected chi connectivity index (χ3v) is 9.77. The van der Waals surface area contributed by atoms with Crippen LogP contribution in [0.4, 0.5) is 5.82 Å². The first-order valence-electron chi connectivity index (χ1n) is 14.7. The number of piperidine rings is 1. The van der Waals surface area contributed by atoms with Gasteiger partial charge in [0.25, 0.3) is 5.91 Å². The van der Waals surface area contributed by atoms with Crippen molar-refractivity contribution < 1.29 is 19.1 Å². The molecule has 2 aromatic rings. The molecule has 0 bridgehead atoms. The van der Waals surface area contributed by atoms with E-state index in [-0.39, 0.29) is 23.1 Å². The maximum absolute atomic E-state index is 13.8. The lowest BCUT2D eigenvalue weighted by Crippen LogP contribution is -2.63. The standard InChI is InChI=1S/C31H44N4O4/c1-28(2,3)21-15-24(33-11-9-31(7-8-31)10-12-33)32-22-16-23(39-25(21)22)27(37)35-14-13-34(19-29(35,4)5)26(36)20-17-30(6,38)18-20/h15-16,20,38H,7-14,17-19H2,1-6H3/t20-,30+. The van der Waals surface area contributed by atoms with Crippen LogP contribution in [-0.4, -0.2) is 75.6 Å². The van der Waals surface area contributed by atoms with Gasteiger partial charge in [0.05, 0.1) is 11.1 Å². The van der Waals surface area contributed by atoms with E-state index in [1.165, 1.54) is 25.7 Å². The molecule has 0 unspecified atom stereocenters. The zero-order valence-corrected chi connectivity index (χ0v) is 24.5. The van der Waals surface area contributed by atoms with Crippen LogP contribution >= 0.6 is 0 Å². The molecule has 39 heavy (non-hydrogen) atoms. The second-order valence-corrected chi connectivity index (χ2v) is 14.7. The quantitative estimate of drug-likeness (QED) is 0.610. The lowest BCUT2D eigenvalue weighted by atomic mass is 9.71. The van der Waals surface area contributed by atoms with Crippen LogP contribution in [0.2, 0.25) is 0 Å². The molecule has 212 valence electrons. The van der Waals surface area contributed by atoms with Gasteiger partial charge in [0.15, 0.2) is 11.3 Å². The van der Waals surface area contributed by atoms with E-state index in [0.717, 1.165) is 30.0 Å². The zero-order chi connectivity index (χ0) is 28.0. The van der Waals surface area contributed by atoms with Crippen molar-refractivity contribution in [2.45, 2.75) is 96.6 Å². The van der Waals surface area contributed by atoms with Crippen molar-refractivity contribution in [1.82, 2.24) is 14.8 Å². The fourth-order valence-electron chi connectivity index (χ4n) is 7.01. The molecular formula is C31H44N4O4. The molecule has 2 saturated heterocycles. The van der Waals surface area contributed by atoms with E-state index in [2.05, 4.69) is 31.7 Å². The van der Waals surface area contributed by atoms with Gasteiger partial charge in [-0.15, -0.1) is 0 Å². The second kappa shape index (κ2) is 8.69. The number of carbonyl (C=O) groups excluding carboxylic acids is 2. The molecule has 2 aliphatic carbocycles. The Morgan fingerprint density at radius 3 is 2.23 bits per heavy atom. The largest absolute Gasteiger partial charge is 0.449 e. The Hall–Kier alpha value is -2.61. The molecule has 8 heteroatoms. The molecule has 4 heterocycles. The highest BCUT2D eigenvalue weighted by Gasteiger charge is 2.47. The summed E-state index contributed by atoms with van der Waals surface area (Å²) in [5, 5.41) is 10.1. The molecule has 2 saturated carbocycles. The van der Waals surface area contributed by atoms with E-state index in [0.29, 0.717) is 49.2 Å². The van der Waals surface area contributed by atoms with Crippen molar-refractivity contribution in [3.05, 3.63) is 23.5 Å². The Kier molecular flexibility index (Phi) is 5.93. The van der Waals surface area contributed by atoms with E-state index < -0.39 is 11.1 Å². The number of hydrogen-bond donors (Lipinski definition) is 1. The van der Waals surface area contributed by atoms with Crippen LogP contribution in [-0.2, 0) is 10.2 Å². The van der Waals surface area contributed by atoms with E-state index in [9.17, 15) is 14.7 Å². The fraction of sp³-hybridized carbons (Fsp3) is 0.710. The molecule has 8 nitrogen and oxygen atoms in total. The third kappa shape index (κ3) is 4.83. The van der Waals surface area contributed by atoms with Crippen LogP contribution < -0.4 is 4.90 Å². The molecular weight excluding hydrogens is 492 g/mol. The number of aromatic nitrogens is 1. The number of carbonyl (C=O) groups is 2. The van der Waals surface area contributed by atoms with Crippen molar-refractivity contribution in [3.63, 3.8) is 0 Å². The Labute approximate surface area is 231 Å². The molecule has 4 aliphatic rings. The van der Waals surface area contributed by atoms with Gasteiger partial charge in [-0.25, -0.2) is 4.98 Å². The summed E-state index contributed by atoms with van der Waals surface area (Å²) in [6.45, 7) is 15.8. The number of fused-ring (bicyclic) bond motifs is 1. The lowest BCUT2D eigenvalue weighted by molar-refractivity contribution is -0.153. The summed E-state index contributed by atoms with van der Waals surface area (Å²) in [5.74, 6) is 1.08. The minimum atomic E-state index is -0.734. The van der Waals surface area contributed by atoms with Gasteiger partial charge >= 0.3 is 0 Å². The summed E-state index contributed by atoms with van der Waals surface area (Å²) in [4.78, 5) is 38.0. The van der Waals surface area contributed by atoms with Crippen molar-refractivity contribution in [2.24, 2.45) is 11.3 Å². The van der Waals surface area contributed by atoms with Gasteiger partial charge in [0.1, 0.15) is 11.3 Å². The summed E-state index contributed by atoms with van der Waals surface area (Å²) in [7, 11) is 0. The van der Waals surface area contributed by atoms with Gasteiger partial charge < -0.3 is 24.2 Å². The molecule has 4 fully saturated rings. The molecule has 0 radical (unpaired) electrons. The lowest BCUT2D eigenvalue weighted by Gasteiger charge is -2.49. The van der Waals surface area contributed by atoms with Crippen LogP contribution in [0, 0.1) is 11.3 Å². The Morgan fingerprint density at radius 2 is 1.67 bits per heavy atom. The average Bonchev–Trinajstić information content (AvgIpc) is 3.44. The van der Waals surface area contributed by atoms with Crippen LogP contribution in [0.15, 0.2) is 16.5 Å². The maximum Gasteiger partial charge on any atom is 0.290 e. The molecule has 0 aromatic carbocycles. The monoisotopic (exact) mass is 536 g/mol. The minimum absolute atomic E-state index is 0.0855. The van der Waals surface area contributed by atoms with E-state index in [4.69, 9.17) is 9.40 Å². The number of anilines is 1. The van der Waals surface area contributed by atoms with Crippen LogP contribution in [0.5, 0.6) is 0 Å². The van der Waals surface area contributed by atoms with Gasteiger partial charge in [0, 0.05) is 50.3 Å². The van der Waals surface area contributed by atoms with E-state index in [1.54, 1.807) is 6.92 Å². The summed E-state index contributed by atoms with van der Waals surface area (Å²) in [6.07, 6.45) is 6.22. The van der Waals surface area contributed by atoms with Crippen LogP contribution in [0.25, 0.3) is 11.1 Å². The molecule has 6 rings (SSSR count). The molecule has 2 amide bonds. The Morgan fingerprint density at radius 1 is 1.00 bits per heavy atom. The van der Waals surface area contributed by atoms with Crippen molar-refractivity contribution in [2.75, 3.05) is 37.6 Å². The molecule has 2 aliphatic heterocycles. The summed E-state index contributed by atoms with van der Waals surface area (Å²) in [6, 6.07) is 3.98.